The first kappa shape index (κ1) is 17.4. The number of aryl methyl sites for hydroxylation is 1. The van der Waals surface area contributed by atoms with Crippen LogP contribution in [0, 0.1) is 25.2 Å². The lowest BCUT2D eigenvalue weighted by atomic mass is 9.62. The summed E-state index contributed by atoms with van der Waals surface area (Å²) in [6.07, 6.45) is -11.2. The number of aliphatic carboxylic acids is 1. The van der Waals surface area contributed by atoms with Crippen LogP contribution in [-0.4, -0.2) is 61.4 Å². The molecule has 0 saturated carbocycles. The number of benzene rings is 1. The van der Waals surface area contributed by atoms with E-state index in [9.17, 15) is 12.3 Å². The summed E-state index contributed by atoms with van der Waals surface area (Å²) in [7, 11) is 0. The van der Waals surface area contributed by atoms with Crippen molar-refractivity contribution in [3.05, 3.63) is 63.2 Å². The largest absolute Gasteiger partial charge is 0.491 e. The molecular formula is C37H54N4O5S. The van der Waals surface area contributed by atoms with Gasteiger partial charge >= 0.3 is 5.97 Å². The molecule has 47 heavy (non-hydrogen) atoms. The van der Waals surface area contributed by atoms with E-state index in [2.05, 4.69) is 15.2 Å². The maximum Gasteiger partial charge on any atom is 0.332 e. The van der Waals surface area contributed by atoms with E-state index in [1.807, 2.05) is 0 Å². The van der Waals surface area contributed by atoms with E-state index in [0.717, 1.165) is 34.6 Å². The Morgan fingerprint density at radius 2 is 2.04 bits per heavy atom. The first-order chi connectivity index (χ1) is 30.0. The molecule has 1 aliphatic heterocycles. The van der Waals surface area contributed by atoms with Crippen molar-refractivity contribution in [1.29, 1.82) is 1.43 Å². The molecule has 1 N–H and O–H groups in total. The van der Waals surface area contributed by atoms with Gasteiger partial charge in [0.25, 0.3) is 7.34 Å². The predicted molar refractivity (Wildman–Crippen MR) is 186 cm³/mol. The molecule has 1 fully saturated rings. The van der Waals surface area contributed by atoms with Crippen LogP contribution in [0.4, 0.5) is 0 Å². The molecule has 4 atom stereocenters. The summed E-state index contributed by atoms with van der Waals surface area (Å²) >= 11 is -0.0222. The summed E-state index contributed by atoms with van der Waals surface area (Å²) in [5.41, 5.74) is -14.1. The number of aromatic nitrogens is 3. The van der Waals surface area contributed by atoms with E-state index in [4.69, 9.17) is 26.0 Å². The van der Waals surface area contributed by atoms with Crippen LogP contribution in [0.3, 0.4) is 0 Å². The van der Waals surface area contributed by atoms with Gasteiger partial charge in [-0.2, -0.15) is 5.10 Å². The number of amides is 1. The van der Waals surface area contributed by atoms with E-state index in [-0.39, 0.29) is 27.5 Å². The molecule has 0 bridgehead atoms. The highest BCUT2D eigenvalue weighted by atomic mass is 32.1. The van der Waals surface area contributed by atoms with Crippen molar-refractivity contribution in [2.75, 3.05) is 13.1 Å². The fourth-order valence-corrected chi connectivity index (χ4v) is 5.80. The SMILES string of the molecule is [2H]OC(=O)[C@@]1(C(C)(C)n2nc(C)c(C)c2[2H])N(C(=O)c2c([2H])c([2H])c(C(C([2H])([2H])[2H])(C([2H])([2H])C)C(C)(C)C)c(OC([2H])(C)C)c2[2H])[C@@]([2H])(c2nc([2H])c([2H])s2)[C@@]([2H])(C([2H])([2H])OC([2H])([2H])C)C1([2H])[2H]. The molecule has 1 amide bonds. The molecule has 1 aromatic carbocycles. The zero-order valence-corrected chi connectivity index (χ0v) is 29.1. The average Bonchev–Trinajstić information content (AvgIpc) is 3.65. The van der Waals surface area contributed by atoms with Gasteiger partial charge in [0, 0.05) is 57.7 Å². The number of carboxylic acids is 1. The highest BCUT2D eigenvalue weighted by molar-refractivity contribution is 7.09. The van der Waals surface area contributed by atoms with Crippen molar-refractivity contribution in [3.63, 3.8) is 0 Å². The average molecular weight is 688 g/mol. The van der Waals surface area contributed by atoms with Crippen LogP contribution in [0.2, 0.25) is 0 Å². The van der Waals surface area contributed by atoms with Crippen LogP contribution in [0.5, 0.6) is 5.75 Å². The van der Waals surface area contributed by atoms with Gasteiger partial charge in [-0.05, 0) is 84.3 Å². The Labute approximate surface area is 314 Å². The lowest BCUT2D eigenvalue weighted by Crippen LogP contribution is -2.66. The highest BCUT2D eigenvalue weighted by Crippen LogP contribution is 2.55. The van der Waals surface area contributed by atoms with E-state index >= 15 is 9.59 Å². The zero-order chi connectivity index (χ0) is 53.5. The molecule has 1 unspecified atom stereocenters. The quantitative estimate of drug-likeness (QED) is 0.206. The Hall–Kier alpha value is -3.24. The number of carboxylic acid groups (broad SMARTS) is 1. The maximum absolute atomic E-state index is 16.3. The summed E-state index contributed by atoms with van der Waals surface area (Å²) in [6.45, 7) is 1.06. The molecule has 3 aromatic rings. The molecule has 3 heterocycles. The minimum Gasteiger partial charge on any atom is -0.491 e. The van der Waals surface area contributed by atoms with Crippen molar-refractivity contribution >= 4 is 23.2 Å². The highest BCUT2D eigenvalue weighted by Gasteiger charge is 2.67. The number of thiazole rings is 1. The summed E-state index contributed by atoms with van der Waals surface area (Å²) in [6, 6.07) is -8.41. The Morgan fingerprint density at radius 3 is 2.55 bits per heavy atom. The minimum absolute atomic E-state index is 0.0222. The van der Waals surface area contributed by atoms with Crippen molar-refractivity contribution < 1.29 is 51.6 Å². The fraction of sp³-hybridized carbons (Fsp3) is 0.622. The number of hydrogen-bond donors (Lipinski definition) is 1. The van der Waals surface area contributed by atoms with Gasteiger partial charge in [0.05, 0.1) is 46.3 Å². The first-order valence-corrected chi connectivity index (χ1v) is 15.4. The van der Waals surface area contributed by atoms with Crippen molar-refractivity contribution in [2.24, 2.45) is 11.3 Å². The van der Waals surface area contributed by atoms with Gasteiger partial charge in [0.1, 0.15) is 10.8 Å². The van der Waals surface area contributed by atoms with Crippen LogP contribution in [0.1, 0.15) is 148 Å². The lowest BCUT2D eigenvalue weighted by molar-refractivity contribution is -0.156. The topological polar surface area (TPSA) is 107 Å². The summed E-state index contributed by atoms with van der Waals surface area (Å²) in [5.74, 6) is -9.98. The van der Waals surface area contributed by atoms with Crippen LogP contribution < -0.4 is 4.74 Å². The minimum atomic E-state index is -4.38. The first-order valence-electron chi connectivity index (χ1n) is 25.0. The van der Waals surface area contributed by atoms with Crippen LogP contribution in [-0.2, 0) is 20.5 Å². The van der Waals surface area contributed by atoms with E-state index in [1.54, 1.807) is 0 Å². The maximum atomic E-state index is 16.3. The molecule has 0 spiro atoms. The molecule has 0 radical (unpaired) electrons. The number of hydrogen-bond acceptors (Lipinski definition) is 8. The fourth-order valence-electron chi connectivity index (χ4n) is 5.23. The second-order valence-corrected chi connectivity index (χ2v) is 13.4. The Kier molecular flexibility index (Phi) is 4.95. The molecule has 258 valence electrons. The van der Waals surface area contributed by atoms with Crippen LogP contribution in [0.25, 0.3) is 1.43 Å². The number of nitrogens with zero attached hydrogens (tertiary/aromatic N) is 4. The van der Waals surface area contributed by atoms with E-state index < -0.39 is 142 Å². The summed E-state index contributed by atoms with van der Waals surface area (Å²) in [4.78, 5) is 35.0. The van der Waals surface area contributed by atoms with Crippen LogP contribution >= 0.6 is 11.3 Å². The normalized spacial score (nSPS) is 33.7. The second-order valence-electron chi connectivity index (χ2n) is 12.6. The third-order valence-electron chi connectivity index (χ3n) is 8.06. The molecule has 1 saturated heterocycles. The third-order valence-corrected chi connectivity index (χ3v) is 8.73. The molecular weight excluding hydrogens is 612 g/mol. The van der Waals surface area contributed by atoms with Crippen molar-refractivity contribution in [2.45, 2.75) is 124 Å². The monoisotopic (exact) mass is 688 g/mol. The number of ether oxygens (including phenoxy) is 2. The summed E-state index contributed by atoms with van der Waals surface area (Å²) < 4.78 is 203. The molecule has 1 aliphatic rings. The smallest absolute Gasteiger partial charge is 0.332 e. The Morgan fingerprint density at radius 1 is 1.32 bits per heavy atom. The van der Waals surface area contributed by atoms with Gasteiger partial charge in [-0.1, -0.05) is 40.6 Å². The van der Waals surface area contributed by atoms with Gasteiger partial charge in [-0.3, -0.25) is 9.48 Å². The number of rotatable bonds is 12. The molecule has 2 aromatic heterocycles. The molecule has 0 aliphatic carbocycles. The van der Waals surface area contributed by atoms with Gasteiger partial charge < -0.3 is 19.5 Å². The Bertz CT molecular complexity index is 2460. The number of carbonyl (C=O) groups is 2. The van der Waals surface area contributed by atoms with Gasteiger partial charge in [-0.15, -0.1) is 11.3 Å². The van der Waals surface area contributed by atoms with Gasteiger partial charge in [0.15, 0.2) is 5.54 Å². The Balaban J connectivity index is 2.56. The summed E-state index contributed by atoms with van der Waals surface area (Å²) in [5, 5.41) is 6.70. The number of carbonyl (C=O) groups excluding carboxylic acids is 1. The molecule has 10 heteroatoms. The van der Waals surface area contributed by atoms with Crippen molar-refractivity contribution in [1.82, 2.24) is 19.7 Å². The lowest BCUT2D eigenvalue weighted by Gasteiger charge is -2.47. The second kappa shape index (κ2) is 13.3. The molecule has 9 nitrogen and oxygen atoms in total. The standard InChI is InChI=1S/C37H54N4O5S/c1-13-36(12,34(7,8)9)28-16-15-26(19-29(28)46-23(3)4)32(42)41-30(31-38-17-18-47-31)27(22-45-14-2)20-37(41,33(43)44)35(10,11)40-21-24(5)25(6)39-40/h15-19,21,23,27,30H,13-14,20,22H2,1-12H3,(H,43,44)/t27-,30-,36?,37+/m1/s1/i12D3,13D2,14D2,15D,16D,17D,18D,19D,20D2,21D,22D2,23D,27D,30D/hD. The van der Waals surface area contributed by atoms with Gasteiger partial charge in [-0.25, -0.2) is 9.78 Å². The van der Waals surface area contributed by atoms with Crippen molar-refractivity contribution in [3.8, 4) is 5.75 Å². The van der Waals surface area contributed by atoms with E-state index in [0.29, 0.717) is 11.6 Å². The van der Waals surface area contributed by atoms with E-state index in [1.165, 1.54) is 34.6 Å². The van der Waals surface area contributed by atoms with Gasteiger partial charge in [0.2, 0.25) is 0 Å². The van der Waals surface area contributed by atoms with Crippen LogP contribution in [0.15, 0.2) is 35.8 Å². The number of likely N-dealkylation sites (tertiary alicyclic amines) is 1. The molecule has 4 rings (SSSR count). The third kappa shape index (κ3) is 6.23. The zero-order valence-electron chi connectivity index (χ0n) is 49.2. The predicted octanol–water partition coefficient (Wildman–Crippen LogP) is 7.96.